The van der Waals surface area contributed by atoms with Crippen molar-refractivity contribution < 1.29 is 14.3 Å². The Kier molecular flexibility index (Phi) is 4.38. The van der Waals surface area contributed by atoms with E-state index < -0.39 is 5.97 Å². The van der Waals surface area contributed by atoms with Crippen LogP contribution in [0.15, 0.2) is 24.3 Å². The first-order valence-electron chi connectivity index (χ1n) is 9.42. The Balaban J connectivity index is 1.51. The van der Waals surface area contributed by atoms with Crippen molar-refractivity contribution in [1.29, 1.82) is 0 Å². The van der Waals surface area contributed by atoms with E-state index in [2.05, 4.69) is 4.98 Å². The molecule has 1 aromatic carbocycles. The number of carbonyl (C=O) groups excluding carboxylic acids is 2. The van der Waals surface area contributed by atoms with Crippen LogP contribution in [-0.2, 0) is 24.6 Å². The minimum atomic E-state index is -0.457. The van der Waals surface area contributed by atoms with Gasteiger partial charge in [-0.1, -0.05) is 0 Å². The molecule has 1 N–H and O–H groups in total. The van der Waals surface area contributed by atoms with Crippen molar-refractivity contribution in [1.82, 2.24) is 9.55 Å². The summed E-state index contributed by atoms with van der Waals surface area (Å²) in [5.41, 5.74) is 6.65. The third-order valence-electron chi connectivity index (χ3n) is 5.74. The zero-order valence-electron chi connectivity index (χ0n) is 16.0. The number of nitrogens with one attached hydrogen (secondary N) is 1. The number of H-pyrrole nitrogens is 1. The predicted molar refractivity (Wildman–Crippen MR) is 104 cm³/mol. The molecule has 1 aliphatic carbocycles. The van der Waals surface area contributed by atoms with Crippen LogP contribution in [0.5, 0.6) is 0 Å². The molecule has 0 fully saturated rings. The van der Waals surface area contributed by atoms with Crippen LogP contribution < -0.4 is 0 Å². The maximum absolute atomic E-state index is 12.5. The van der Waals surface area contributed by atoms with E-state index in [0.717, 1.165) is 35.1 Å². The molecule has 2 aromatic heterocycles. The Morgan fingerprint density at radius 1 is 1.15 bits per heavy atom. The zero-order chi connectivity index (χ0) is 19.1. The van der Waals surface area contributed by atoms with Gasteiger partial charge in [-0.05, 0) is 69.4 Å². The molecule has 5 heteroatoms. The molecule has 0 atom stereocenters. The largest absolute Gasteiger partial charge is 0.454 e. The van der Waals surface area contributed by atoms with Crippen molar-refractivity contribution in [3.8, 4) is 0 Å². The van der Waals surface area contributed by atoms with Crippen LogP contribution >= 0.6 is 0 Å². The van der Waals surface area contributed by atoms with Crippen LogP contribution in [0.25, 0.3) is 10.9 Å². The molecule has 5 nitrogen and oxygen atoms in total. The van der Waals surface area contributed by atoms with E-state index >= 15 is 0 Å². The van der Waals surface area contributed by atoms with Gasteiger partial charge in [0.1, 0.15) is 0 Å². The summed E-state index contributed by atoms with van der Waals surface area (Å²) in [5.74, 6) is -0.633. The molecular formula is C22H24N2O3. The average molecular weight is 364 g/mol. The predicted octanol–water partition coefficient (Wildman–Crippen LogP) is 4.04. The fraction of sp³-hybridized carbons (Fsp3) is 0.364. The summed E-state index contributed by atoms with van der Waals surface area (Å²) in [6, 6.07) is 7.41. The highest BCUT2D eigenvalue weighted by atomic mass is 16.5. The highest BCUT2D eigenvalue weighted by Crippen LogP contribution is 2.29. The van der Waals surface area contributed by atoms with Gasteiger partial charge >= 0.3 is 5.97 Å². The molecule has 0 saturated heterocycles. The summed E-state index contributed by atoms with van der Waals surface area (Å²) in [4.78, 5) is 28.4. The van der Waals surface area contributed by atoms with Crippen LogP contribution in [0.1, 0.15) is 56.2 Å². The average Bonchev–Trinajstić information content (AvgIpc) is 3.17. The van der Waals surface area contributed by atoms with E-state index in [9.17, 15) is 9.59 Å². The molecule has 140 valence electrons. The Morgan fingerprint density at radius 2 is 1.93 bits per heavy atom. The zero-order valence-corrected chi connectivity index (χ0v) is 16.0. The number of hydrogen-bond acceptors (Lipinski definition) is 3. The lowest BCUT2D eigenvalue weighted by molar-refractivity contribution is 0.0474. The fourth-order valence-corrected chi connectivity index (χ4v) is 3.96. The molecule has 0 aliphatic heterocycles. The molecule has 2 heterocycles. The second kappa shape index (κ2) is 6.72. The molecule has 4 rings (SSSR count). The van der Waals surface area contributed by atoms with Crippen molar-refractivity contribution in [2.75, 3.05) is 6.61 Å². The van der Waals surface area contributed by atoms with Crippen LogP contribution in [0.3, 0.4) is 0 Å². The standard InChI is InChI=1S/C22H24N2O3/c1-13-10-17(14(2)24(13)3)21(25)12-27-22(26)15-8-9-20-18(11-15)16-6-4-5-7-19(16)23-20/h8-11,23H,4-7,12H2,1-3H3. The summed E-state index contributed by atoms with van der Waals surface area (Å²) in [5, 5.41) is 1.10. The number of ketones is 1. The number of aryl methyl sites for hydroxylation is 3. The Morgan fingerprint density at radius 3 is 2.67 bits per heavy atom. The summed E-state index contributed by atoms with van der Waals surface area (Å²) in [7, 11) is 1.92. The molecule has 0 radical (unpaired) electrons. The number of carbonyl (C=O) groups is 2. The maximum atomic E-state index is 12.5. The van der Waals surface area contributed by atoms with Crippen molar-refractivity contribution in [3.63, 3.8) is 0 Å². The molecule has 0 spiro atoms. The maximum Gasteiger partial charge on any atom is 0.338 e. The van der Waals surface area contributed by atoms with Gasteiger partial charge in [-0.15, -0.1) is 0 Å². The minimum Gasteiger partial charge on any atom is -0.454 e. The second-order valence-electron chi connectivity index (χ2n) is 7.39. The number of ether oxygens (including phenoxy) is 1. The molecule has 0 saturated carbocycles. The highest BCUT2D eigenvalue weighted by Gasteiger charge is 2.19. The van der Waals surface area contributed by atoms with E-state index in [1.54, 1.807) is 6.07 Å². The number of fused-ring (bicyclic) bond motifs is 3. The number of benzene rings is 1. The van der Waals surface area contributed by atoms with E-state index in [1.165, 1.54) is 24.1 Å². The summed E-state index contributed by atoms with van der Waals surface area (Å²) in [6.45, 7) is 3.60. The van der Waals surface area contributed by atoms with Gasteiger partial charge in [0.2, 0.25) is 5.78 Å². The third-order valence-corrected chi connectivity index (χ3v) is 5.74. The summed E-state index contributed by atoms with van der Waals surface area (Å²) in [6.07, 6.45) is 4.49. The van der Waals surface area contributed by atoms with Crippen LogP contribution in [0.2, 0.25) is 0 Å². The highest BCUT2D eigenvalue weighted by molar-refractivity contribution is 6.01. The molecule has 0 bridgehead atoms. The fourth-order valence-electron chi connectivity index (χ4n) is 3.96. The van der Waals surface area contributed by atoms with E-state index in [1.807, 2.05) is 43.7 Å². The second-order valence-corrected chi connectivity index (χ2v) is 7.39. The first-order valence-corrected chi connectivity index (χ1v) is 9.42. The van der Waals surface area contributed by atoms with Gasteiger partial charge in [0.05, 0.1) is 5.56 Å². The lowest BCUT2D eigenvalue weighted by Gasteiger charge is -2.10. The van der Waals surface area contributed by atoms with Gasteiger partial charge in [-0.3, -0.25) is 4.79 Å². The van der Waals surface area contributed by atoms with Crippen LogP contribution in [0.4, 0.5) is 0 Å². The van der Waals surface area contributed by atoms with Gasteiger partial charge < -0.3 is 14.3 Å². The summed E-state index contributed by atoms with van der Waals surface area (Å²) < 4.78 is 7.27. The number of esters is 1. The van der Waals surface area contributed by atoms with Crippen LogP contribution in [0, 0.1) is 13.8 Å². The number of aromatic nitrogens is 2. The van der Waals surface area contributed by atoms with E-state index in [0.29, 0.717) is 11.1 Å². The monoisotopic (exact) mass is 364 g/mol. The molecule has 3 aromatic rings. The minimum absolute atomic E-state index is 0.176. The Labute approximate surface area is 158 Å². The number of nitrogens with zero attached hydrogens (tertiary/aromatic N) is 1. The smallest absolute Gasteiger partial charge is 0.338 e. The van der Waals surface area contributed by atoms with Crippen molar-refractivity contribution in [2.45, 2.75) is 39.5 Å². The normalized spacial score (nSPS) is 13.6. The van der Waals surface area contributed by atoms with Crippen molar-refractivity contribution in [3.05, 3.63) is 58.0 Å². The van der Waals surface area contributed by atoms with Gasteiger partial charge in [-0.2, -0.15) is 0 Å². The van der Waals surface area contributed by atoms with Crippen molar-refractivity contribution in [2.24, 2.45) is 7.05 Å². The number of aromatic amines is 1. The molecule has 0 amide bonds. The van der Waals surface area contributed by atoms with Gasteiger partial charge in [0, 0.05) is 40.6 Å². The first-order chi connectivity index (χ1) is 13.0. The van der Waals surface area contributed by atoms with E-state index in [-0.39, 0.29) is 12.4 Å². The lowest BCUT2D eigenvalue weighted by atomic mass is 9.95. The number of hydrogen-bond donors (Lipinski definition) is 1. The van der Waals surface area contributed by atoms with E-state index in [4.69, 9.17) is 4.74 Å². The quantitative estimate of drug-likeness (QED) is 0.561. The lowest BCUT2D eigenvalue weighted by Crippen LogP contribution is -2.15. The van der Waals surface area contributed by atoms with Gasteiger partial charge in [0.15, 0.2) is 6.61 Å². The van der Waals surface area contributed by atoms with Crippen LogP contribution in [-0.4, -0.2) is 27.9 Å². The van der Waals surface area contributed by atoms with Gasteiger partial charge in [0.25, 0.3) is 0 Å². The number of rotatable bonds is 4. The van der Waals surface area contributed by atoms with Crippen molar-refractivity contribution >= 4 is 22.7 Å². The number of Topliss-reactive ketones (excluding diaryl/α,β-unsaturated/α-hetero) is 1. The summed E-state index contributed by atoms with van der Waals surface area (Å²) >= 11 is 0. The Hall–Kier alpha value is -2.82. The first kappa shape index (κ1) is 17.6. The topological polar surface area (TPSA) is 64.1 Å². The third kappa shape index (κ3) is 3.07. The Bertz CT molecular complexity index is 1060. The molecular weight excluding hydrogens is 340 g/mol. The SMILES string of the molecule is Cc1cc(C(=O)COC(=O)c2ccc3[nH]c4c(c3c2)CCCC4)c(C)n1C. The molecule has 27 heavy (non-hydrogen) atoms. The molecule has 1 aliphatic rings. The molecule has 0 unspecified atom stereocenters. The van der Waals surface area contributed by atoms with Gasteiger partial charge in [-0.25, -0.2) is 4.79 Å².